The summed E-state index contributed by atoms with van der Waals surface area (Å²) in [5, 5.41) is 11.1. The van der Waals surface area contributed by atoms with Crippen LogP contribution in [0.25, 0.3) is 0 Å². The molecule has 2 rings (SSSR count). The first kappa shape index (κ1) is 17.6. The van der Waals surface area contributed by atoms with Crippen LogP contribution in [0.5, 0.6) is 0 Å². The van der Waals surface area contributed by atoms with E-state index in [1.165, 1.54) is 12.1 Å². The standard InChI is InChI=1S/C17H14ClNO5/c1-10-3-5-13(11(2)7-10)16(20)9-24-17(21)14-6-4-12(18)8-15(14)19(22)23/h3-8H,9H2,1-2H3. The van der Waals surface area contributed by atoms with Crippen LogP contribution in [-0.2, 0) is 4.74 Å². The number of halogens is 1. The summed E-state index contributed by atoms with van der Waals surface area (Å²) in [6.45, 7) is 3.19. The first-order valence-corrected chi connectivity index (χ1v) is 7.39. The zero-order chi connectivity index (χ0) is 17.9. The maximum absolute atomic E-state index is 12.2. The molecule has 6 nitrogen and oxygen atoms in total. The van der Waals surface area contributed by atoms with Gasteiger partial charge in [-0.25, -0.2) is 4.79 Å². The SMILES string of the molecule is Cc1ccc(C(=O)COC(=O)c2ccc(Cl)cc2[N+](=O)[O-])c(C)c1. The number of Topliss-reactive ketones (excluding diaryl/α,β-unsaturated/α-hetero) is 1. The highest BCUT2D eigenvalue weighted by atomic mass is 35.5. The number of carbonyl (C=O) groups is 2. The van der Waals surface area contributed by atoms with Gasteiger partial charge in [0.15, 0.2) is 6.61 Å². The zero-order valence-electron chi connectivity index (χ0n) is 13.0. The van der Waals surface area contributed by atoms with Gasteiger partial charge in [0.25, 0.3) is 5.69 Å². The minimum absolute atomic E-state index is 0.129. The number of carbonyl (C=O) groups excluding carboxylic acids is 2. The second-order valence-electron chi connectivity index (χ2n) is 5.24. The molecule has 0 aliphatic rings. The molecule has 0 fully saturated rings. The minimum Gasteiger partial charge on any atom is -0.454 e. The molecule has 0 aliphatic heterocycles. The van der Waals surface area contributed by atoms with E-state index in [0.29, 0.717) is 5.56 Å². The van der Waals surface area contributed by atoms with Crippen molar-refractivity contribution in [3.8, 4) is 0 Å². The Morgan fingerprint density at radius 2 is 1.79 bits per heavy atom. The second-order valence-corrected chi connectivity index (χ2v) is 5.67. The molecule has 0 bridgehead atoms. The summed E-state index contributed by atoms with van der Waals surface area (Å²) < 4.78 is 4.92. The third-order valence-corrected chi connectivity index (χ3v) is 3.63. The van der Waals surface area contributed by atoms with E-state index in [0.717, 1.165) is 17.2 Å². The number of rotatable bonds is 5. The third kappa shape index (κ3) is 3.97. The van der Waals surface area contributed by atoms with Crippen LogP contribution in [0.4, 0.5) is 5.69 Å². The molecule has 0 aromatic heterocycles. The number of nitrogens with zero attached hydrogens (tertiary/aromatic N) is 1. The van der Waals surface area contributed by atoms with Crippen LogP contribution in [0, 0.1) is 24.0 Å². The van der Waals surface area contributed by atoms with Crippen molar-refractivity contribution in [3.63, 3.8) is 0 Å². The first-order chi connectivity index (χ1) is 11.3. The monoisotopic (exact) mass is 347 g/mol. The van der Waals surface area contributed by atoms with Crippen LogP contribution in [0.3, 0.4) is 0 Å². The first-order valence-electron chi connectivity index (χ1n) is 7.01. The van der Waals surface area contributed by atoms with Crippen molar-refractivity contribution in [3.05, 3.63) is 73.8 Å². The summed E-state index contributed by atoms with van der Waals surface area (Å²) in [6, 6.07) is 8.89. The molecule has 0 amide bonds. The summed E-state index contributed by atoms with van der Waals surface area (Å²) in [5.41, 5.74) is 1.51. The molecule has 0 heterocycles. The molecule has 0 saturated carbocycles. The summed E-state index contributed by atoms with van der Waals surface area (Å²) in [4.78, 5) is 34.4. The van der Waals surface area contributed by atoms with Crippen LogP contribution in [0.2, 0.25) is 5.02 Å². The fourth-order valence-electron chi connectivity index (χ4n) is 2.24. The molecular formula is C17H14ClNO5. The normalized spacial score (nSPS) is 10.3. The molecule has 0 aliphatic carbocycles. The van der Waals surface area contributed by atoms with Gasteiger partial charge >= 0.3 is 5.97 Å². The Morgan fingerprint density at radius 1 is 1.12 bits per heavy atom. The fourth-order valence-corrected chi connectivity index (χ4v) is 2.41. The Bertz CT molecular complexity index is 832. The number of ether oxygens (including phenoxy) is 1. The van der Waals surface area contributed by atoms with Gasteiger partial charge in [-0.2, -0.15) is 0 Å². The number of benzene rings is 2. The van der Waals surface area contributed by atoms with Crippen molar-refractivity contribution in [1.82, 2.24) is 0 Å². The molecule has 0 N–H and O–H groups in total. The summed E-state index contributed by atoms with van der Waals surface area (Å²) >= 11 is 5.69. The van der Waals surface area contributed by atoms with Crippen LogP contribution in [0.15, 0.2) is 36.4 Å². The highest BCUT2D eigenvalue weighted by Gasteiger charge is 2.23. The molecule has 2 aromatic carbocycles. The van der Waals surface area contributed by atoms with Crippen molar-refractivity contribution in [2.75, 3.05) is 6.61 Å². The van der Waals surface area contributed by atoms with Gasteiger partial charge in [-0.05, 0) is 31.5 Å². The predicted octanol–water partition coefficient (Wildman–Crippen LogP) is 3.90. The Kier molecular flexibility index (Phi) is 5.31. The molecular weight excluding hydrogens is 334 g/mol. The van der Waals surface area contributed by atoms with Crippen LogP contribution in [0.1, 0.15) is 31.8 Å². The average molecular weight is 348 g/mol. The summed E-state index contributed by atoms with van der Waals surface area (Å²) in [6.07, 6.45) is 0. The highest BCUT2D eigenvalue weighted by molar-refractivity contribution is 6.31. The Hall–Kier alpha value is -2.73. The van der Waals surface area contributed by atoms with Gasteiger partial charge in [0.2, 0.25) is 5.78 Å². The predicted molar refractivity (Wildman–Crippen MR) is 88.6 cm³/mol. The topological polar surface area (TPSA) is 86.5 Å². The number of hydrogen-bond acceptors (Lipinski definition) is 5. The van der Waals surface area contributed by atoms with Crippen LogP contribution in [-0.4, -0.2) is 23.3 Å². The van der Waals surface area contributed by atoms with Crippen molar-refractivity contribution < 1.29 is 19.2 Å². The van der Waals surface area contributed by atoms with Gasteiger partial charge in [-0.3, -0.25) is 14.9 Å². The van der Waals surface area contributed by atoms with Gasteiger partial charge in [0.05, 0.1) is 4.92 Å². The smallest absolute Gasteiger partial charge is 0.345 e. The fraction of sp³-hybridized carbons (Fsp3) is 0.176. The van der Waals surface area contributed by atoms with E-state index in [4.69, 9.17) is 16.3 Å². The van der Waals surface area contributed by atoms with E-state index >= 15 is 0 Å². The van der Waals surface area contributed by atoms with Gasteiger partial charge < -0.3 is 4.74 Å². The molecule has 124 valence electrons. The van der Waals surface area contributed by atoms with E-state index in [1.54, 1.807) is 19.1 Å². The maximum atomic E-state index is 12.2. The number of ketones is 1. The molecule has 0 radical (unpaired) electrons. The van der Waals surface area contributed by atoms with E-state index in [-0.39, 0.29) is 16.4 Å². The Labute approximate surface area is 143 Å². The quantitative estimate of drug-likeness (QED) is 0.354. The zero-order valence-corrected chi connectivity index (χ0v) is 13.8. The van der Waals surface area contributed by atoms with E-state index in [2.05, 4.69) is 0 Å². The van der Waals surface area contributed by atoms with Crippen molar-refractivity contribution >= 4 is 29.0 Å². The summed E-state index contributed by atoms with van der Waals surface area (Å²) in [7, 11) is 0. The number of aryl methyl sites for hydroxylation is 2. The highest BCUT2D eigenvalue weighted by Crippen LogP contribution is 2.24. The van der Waals surface area contributed by atoms with Crippen molar-refractivity contribution in [2.24, 2.45) is 0 Å². The molecule has 2 aromatic rings. The summed E-state index contributed by atoms with van der Waals surface area (Å²) in [5.74, 6) is -1.33. The molecule has 0 saturated heterocycles. The number of esters is 1. The lowest BCUT2D eigenvalue weighted by molar-refractivity contribution is -0.385. The van der Waals surface area contributed by atoms with Gasteiger partial charge in [0.1, 0.15) is 5.56 Å². The third-order valence-electron chi connectivity index (χ3n) is 3.39. The average Bonchev–Trinajstić information content (AvgIpc) is 2.52. The molecule has 24 heavy (non-hydrogen) atoms. The van der Waals surface area contributed by atoms with Gasteiger partial charge in [-0.15, -0.1) is 0 Å². The maximum Gasteiger partial charge on any atom is 0.345 e. The van der Waals surface area contributed by atoms with Crippen LogP contribution >= 0.6 is 11.6 Å². The molecule has 0 atom stereocenters. The van der Waals surface area contributed by atoms with Crippen molar-refractivity contribution in [2.45, 2.75) is 13.8 Å². The van der Waals surface area contributed by atoms with E-state index in [1.807, 2.05) is 13.0 Å². The second kappa shape index (κ2) is 7.23. The molecule has 0 unspecified atom stereocenters. The largest absolute Gasteiger partial charge is 0.454 e. The molecule has 0 spiro atoms. The number of nitro groups is 1. The number of hydrogen-bond donors (Lipinski definition) is 0. The molecule has 7 heteroatoms. The van der Waals surface area contributed by atoms with Crippen LogP contribution < -0.4 is 0 Å². The lowest BCUT2D eigenvalue weighted by Gasteiger charge is -2.08. The lowest BCUT2D eigenvalue weighted by atomic mass is 10.0. The Morgan fingerprint density at radius 3 is 2.42 bits per heavy atom. The lowest BCUT2D eigenvalue weighted by Crippen LogP contribution is -2.16. The number of nitro benzene ring substituents is 1. The minimum atomic E-state index is -0.948. The van der Waals surface area contributed by atoms with Gasteiger partial charge in [-0.1, -0.05) is 35.4 Å². The van der Waals surface area contributed by atoms with E-state index < -0.39 is 23.2 Å². The van der Waals surface area contributed by atoms with Crippen molar-refractivity contribution in [1.29, 1.82) is 0 Å². The van der Waals surface area contributed by atoms with E-state index in [9.17, 15) is 19.7 Å². The Balaban J connectivity index is 2.13. The van der Waals surface area contributed by atoms with Gasteiger partial charge in [0, 0.05) is 16.7 Å².